The minimum atomic E-state index is -4.53. The van der Waals surface area contributed by atoms with Gasteiger partial charge in [0, 0.05) is 19.5 Å². The van der Waals surface area contributed by atoms with Gasteiger partial charge in [-0.2, -0.15) is 15.1 Å². The maximum atomic E-state index is 16.8. The molecule has 0 radical (unpaired) electrons. The Balaban J connectivity index is 1.29. The SMILES string of the molecule is C[C@@H](N[P@](=O)(Oc1cccc2ccccc12)OC1[C@H]2O[C@@H](n3cnc4c(N(C)C)nc(N)nc43)[C@](C)(F)[C@@]12O)C(=O)OCC(C)(C)C. The first-order valence-corrected chi connectivity index (χ1v) is 16.6. The fourth-order valence-corrected chi connectivity index (χ4v) is 7.43. The number of imidazole rings is 1. The zero-order valence-corrected chi connectivity index (χ0v) is 28.1. The summed E-state index contributed by atoms with van der Waals surface area (Å²) >= 11 is 0. The number of carbonyl (C=O) groups is 1. The Morgan fingerprint density at radius 1 is 1.23 bits per heavy atom. The molecule has 7 atom stereocenters. The average molecular weight is 672 g/mol. The number of alkyl halides is 1. The number of fused-ring (bicyclic) bond motifs is 3. The third-order valence-corrected chi connectivity index (χ3v) is 9.87. The number of aromatic nitrogens is 4. The summed E-state index contributed by atoms with van der Waals surface area (Å²) in [6.45, 7) is 8.42. The number of halogens is 1. The van der Waals surface area contributed by atoms with Crippen LogP contribution in [0.4, 0.5) is 16.2 Å². The van der Waals surface area contributed by atoms with Crippen molar-refractivity contribution >= 4 is 47.4 Å². The predicted octanol–water partition coefficient (Wildman–Crippen LogP) is 4.14. The fraction of sp³-hybridized carbons (Fsp3) is 0.484. The smallest absolute Gasteiger partial charge is 0.459 e. The van der Waals surface area contributed by atoms with Crippen LogP contribution < -0.4 is 20.2 Å². The molecule has 16 heteroatoms. The van der Waals surface area contributed by atoms with Gasteiger partial charge in [0.05, 0.1) is 12.9 Å². The minimum Gasteiger partial charge on any atom is -0.464 e. The van der Waals surface area contributed by atoms with Crippen molar-refractivity contribution in [2.75, 3.05) is 31.3 Å². The van der Waals surface area contributed by atoms with Crippen LogP contribution in [-0.2, 0) is 23.4 Å². The molecule has 0 amide bonds. The van der Waals surface area contributed by atoms with Crippen molar-refractivity contribution in [1.82, 2.24) is 24.6 Å². The third kappa shape index (κ3) is 5.80. The Hall–Kier alpha value is -3.88. The van der Waals surface area contributed by atoms with Gasteiger partial charge in [-0.25, -0.2) is 13.9 Å². The number of esters is 1. The number of rotatable bonds is 10. The van der Waals surface area contributed by atoms with Crippen LogP contribution in [0.25, 0.3) is 21.9 Å². The van der Waals surface area contributed by atoms with Crippen molar-refractivity contribution in [3.8, 4) is 5.75 Å². The highest BCUT2D eigenvalue weighted by Crippen LogP contribution is 2.66. The molecule has 2 fully saturated rings. The van der Waals surface area contributed by atoms with Gasteiger partial charge < -0.3 is 29.7 Å². The second-order valence-corrected chi connectivity index (χ2v) is 15.2. The third-order valence-electron chi connectivity index (χ3n) is 8.23. The molecule has 1 saturated heterocycles. The Labute approximate surface area is 271 Å². The Morgan fingerprint density at radius 3 is 2.60 bits per heavy atom. The molecule has 0 spiro atoms. The minimum absolute atomic E-state index is 0.0562. The van der Waals surface area contributed by atoms with Gasteiger partial charge in [-0.3, -0.25) is 13.9 Å². The molecule has 1 aliphatic carbocycles. The van der Waals surface area contributed by atoms with E-state index in [1.807, 2.05) is 39.0 Å². The molecule has 1 unspecified atom stereocenters. The van der Waals surface area contributed by atoms with Crippen LogP contribution in [-0.4, -0.2) is 80.8 Å². The molecule has 2 aromatic carbocycles. The number of aliphatic hydroxyl groups is 1. The number of hydrogen-bond donors (Lipinski definition) is 3. The van der Waals surface area contributed by atoms with Crippen LogP contribution in [0.3, 0.4) is 0 Å². The standard InChI is InChI=1S/C31H39FN7O7P/c1-17(26(40)43-15-29(2,3)4)37-47(42,45-20-14-10-12-18-11-8-9-13-19(18)20)46-23-22-31(23,41)30(5,32)27(44-22)39-16-34-21-24(38(6)7)35-28(33)36-25(21)39/h8-14,16-17,22-23,27,41H,15H2,1-7H3,(H,37,42)(H2,33,35,36)/t17-,22-,23?,27-,30+,31+,47+/m1/s1. The van der Waals surface area contributed by atoms with Crippen molar-refractivity contribution in [2.45, 2.75) is 70.4 Å². The van der Waals surface area contributed by atoms with Gasteiger partial charge in [0.2, 0.25) is 5.95 Å². The molecule has 3 heterocycles. The van der Waals surface area contributed by atoms with E-state index >= 15 is 4.39 Å². The Kier molecular flexibility index (Phi) is 8.00. The number of hydrogen-bond acceptors (Lipinski definition) is 12. The summed E-state index contributed by atoms with van der Waals surface area (Å²) in [5.74, 6) is -0.147. The van der Waals surface area contributed by atoms with Crippen LogP contribution >= 0.6 is 7.75 Å². The van der Waals surface area contributed by atoms with Crippen molar-refractivity contribution < 1.29 is 37.4 Å². The zero-order valence-electron chi connectivity index (χ0n) is 27.2. The highest BCUT2D eigenvalue weighted by Gasteiger charge is 2.85. The summed E-state index contributed by atoms with van der Waals surface area (Å²) in [4.78, 5) is 27.4. The summed E-state index contributed by atoms with van der Waals surface area (Å²) in [5.41, 5.74) is 1.41. The van der Waals surface area contributed by atoms with E-state index in [2.05, 4.69) is 20.0 Å². The van der Waals surface area contributed by atoms with Gasteiger partial charge in [-0.15, -0.1) is 0 Å². The van der Waals surface area contributed by atoms with E-state index in [1.165, 1.54) is 17.8 Å². The molecule has 1 saturated carbocycles. The van der Waals surface area contributed by atoms with Gasteiger partial charge in [-0.05, 0) is 30.7 Å². The van der Waals surface area contributed by atoms with E-state index in [1.54, 1.807) is 43.3 Å². The quantitative estimate of drug-likeness (QED) is 0.162. The lowest BCUT2D eigenvalue weighted by Crippen LogP contribution is -2.45. The van der Waals surface area contributed by atoms with Crippen LogP contribution in [0.15, 0.2) is 48.8 Å². The summed E-state index contributed by atoms with van der Waals surface area (Å²) < 4.78 is 56.0. The number of nitrogen functional groups attached to an aromatic ring is 1. The van der Waals surface area contributed by atoms with Crippen molar-refractivity contribution in [3.63, 3.8) is 0 Å². The first-order valence-electron chi connectivity index (χ1n) is 15.1. The molecule has 2 aromatic heterocycles. The van der Waals surface area contributed by atoms with Gasteiger partial charge in [0.1, 0.15) is 24.0 Å². The lowest BCUT2D eigenvalue weighted by atomic mass is 9.97. The number of carbonyl (C=O) groups excluding carboxylic acids is 1. The summed E-state index contributed by atoms with van der Waals surface area (Å²) in [5, 5.41) is 15.7. The number of ether oxygens (including phenoxy) is 2. The molecule has 2 aliphatic rings. The molecule has 1 aliphatic heterocycles. The normalized spacial score (nSPS) is 27.3. The summed E-state index contributed by atoms with van der Waals surface area (Å²) in [6.07, 6.45) is -2.77. The molecule has 0 bridgehead atoms. The molecule has 252 valence electrons. The second kappa shape index (κ2) is 11.4. The van der Waals surface area contributed by atoms with E-state index in [0.717, 1.165) is 12.3 Å². The van der Waals surface area contributed by atoms with Crippen LogP contribution in [0, 0.1) is 5.41 Å². The van der Waals surface area contributed by atoms with Gasteiger partial charge in [-0.1, -0.05) is 57.2 Å². The number of nitrogens with one attached hydrogen (secondary N) is 1. The van der Waals surface area contributed by atoms with Crippen LogP contribution in [0.1, 0.15) is 40.8 Å². The maximum absolute atomic E-state index is 16.8. The average Bonchev–Trinajstić information content (AvgIpc) is 3.24. The molecule has 6 rings (SSSR count). The van der Waals surface area contributed by atoms with E-state index in [0.29, 0.717) is 16.7 Å². The lowest BCUT2D eigenvalue weighted by molar-refractivity contribution is -0.148. The molecular formula is C31H39FN7O7P. The number of nitrogens with two attached hydrogens (primary N) is 1. The van der Waals surface area contributed by atoms with Gasteiger partial charge >= 0.3 is 13.7 Å². The maximum Gasteiger partial charge on any atom is 0.459 e. The predicted molar refractivity (Wildman–Crippen MR) is 173 cm³/mol. The lowest BCUT2D eigenvalue weighted by Gasteiger charge is -2.32. The van der Waals surface area contributed by atoms with Crippen molar-refractivity contribution in [3.05, 3.63) is 48.8 Å². The molecular weight excluding hydrogens is 632 g/mol. The summed E-state index contributed by atoms with van der Waals surface area (Å²) in [7, 11) is -1.02. The molecule has 4 N–H and O–H groups in total. The molecule has 4 aromatic rings. The fourth-order valence-electron chi connectivity index (χ4n) is 5.71. The number of anilines is 2. The van der Waals surface area contributed by atoms with Gasteiger partial charge in [0.15, 0.2) is 34.5 Å². The monoisotopic (exact) mass is 671 g/mol. The number of benzene rings is 2. The second-order valence-electron chi connectivity index (χ2n) is 13.5. The highest BCUT2D eigenvalue weighted by atomic mass is 31.2. The van der Waals surface area contributed by atoms with E-state index in [-0.39, 0.29) is 29.4 Å². The number of nitrogens with zero attached hydrogens (tertiary/aromatic N) is 5. The highest BCUT2D eigenvalue weighted by molar-refractivity contribution is 7.52. The topological polar surface area (TPSA) is 176 Å². The first-order chi connectivity index (χ1) is 21.9. The molecule has 14 nitrogen and oxygen atoms in total. The van der Waals surface area contributed by atoms with Gasteiger partial charge in [0.25, 0.3) is 0 Å². The first kappa shape index (κ1) is 33.0. The Bertz CT molecular complexity index is 1890. The summed E-state index contributed by atoms with van der Waals surface area (Å²) in [6, 6.07) is 11.3. The molecule has 47 heavy (non-hydrogen) atoms. The van der Waals surface area contributed by atoms with E-state index < -0.39 is 49.5 Å². The van der Waals surface area contributed by atoms with Crippen LogP contribution in [0.5, 0.6) is 5.75 Å². The van der Waals surface area contributed by atoms with Crippen molar-refractivity contribution in [1.29, 1.82) is 0 Å². The zero-order chi connectivity index (χ0) is 34.1. The largest absolute Gasteiger partial charge is 0.464 e. The van der Waals surface area contributed by atoms with E-state index in [9.17, 15) is 14.5 Å². The van der Waals surface area contributed by atoms with Crippen LogP contribution in [0.2, 0.25) is 0 Å². The van der Waals surface area contributed by atoms with E-state index in [4.69, 9.17) is 24.3 Å². The van der Waals surface area contributed by atoms with Crippen molar-refractivity contribution in [2.24, 2.45) is 5.41 Å². The Morgan fingerprint density at radius 2 is 1.94 bits per heavy atom.